The summed E-state index contributed by atoms with van der Waals surface area (Å²) in [6.07, 6.45) is 0.563. The van der Waals surface area contributed by atoms with E-state index in [9.17, 15) is 9.90 Å². The maximum absolute atomic E-state index is 13.0. The molecule has 1 aliphatic rings. The van der Waals surface area contributed by atoms with Gasteiger partial charge in [-0.3, -0.25) is 9.69 Å². The highest BCUT2D eigenvalue weighted by atomic mass is 16.6. The molecule has 1 aliphatic heterocycles. The van der Waals surface area contributed by atoms with E-state index >= 15 is 0 Å². The average Bonchev–Trinajstić information content (AvgIpc) is 3.28. The molecule has 0 bridgehead atoms. The van der Waals surface area contributed by atoms with Crippen LogP contribution in [0.25, 0.3) is 10.9 Å². The molecule has 0 amide bonds. The van der Waals surface area contributed by atoms with E-state index in [0.717, 1.165) is 5.39 Å². The molecule has 1 unspecified atom stereocenters. The second-order valence-electron chi connectivity index (χ2n) is 8.70. The second kappa shape index (κ2) is 10.9. The van der Waals surface area contributed by atoms with Gasteiger partial charge in [-0.05, 0) is 34.9 Å². The van der Waals surface area contributed by atoms with Gasteiger partial charge in [-0.25, -0.2) is 4.68 Å². The highest BCUT2D eigenvalue weighted by Gasteiger charge is 2.29. The lowest BCUT2D eigenvalue weighted by molar-refractivity contribution is 0.118. The van der Waals surface area contributed by atoms with E-state index in [2.05, 4.69) is 39.3 Å². The van der Waals surface area contributed by atoms with Gasteiger partial charge in [0.05, 0.1) is 24.7 Å². The van der Waals surface area contributed by atoms with Crippen LogP contribution in [0, 0.1) is 5.92 Å². The summed E-state index contributed by atoms with van der Waals surface area (Å²) in [6, 6.07) is 5.43. The molecule has 4 rings (SSSR count). The number of ether oxygens (including phenoxy) is 3. The standard InChI is InChI=1S/C23H32N6O5/c1-15(2)21(22-25-26-27-29(22)6-8-32-3)28(5-4-7-30)14-17-11-16-12-19-20(34-10-9-33-19)13-18(16)24-23(17)31/h11-13,15,21,30H,4-10,14H2,1-3H3,(H,24,31). The monoisotopic (exact) mass is 472 g/mol. The summed E-state index contributed by atoms with van der Waals surface area (Å²) < 4.78 is 18.3. The fourth-order valence-corrected chi connectivity index (χ4v) is 4.36. The molecule has 1 aromatic carbocycles. The van der Waals surface area contributed by atoms with E-state index in [1.54, 1.807) is 17.9 Å². The molecule has 184 valence electrons. The van der Waals surface area contributed by atoms with Gasteiger partial charge in [0, 0.05) is 43.8 Å². The number of aliphatic hydroxyl groups is 1. The van der Waals surface area contributed by atoms with Crippen molar-refractivity contribution in [3.63, 3.8) is 0 Å². The molecule has 34 heavy (non-hydrogen) atoms. The fraction of sp³-hybridized carbons (Fsp3) is 0.565. The number of tetrazole rings is 1. The molecule has 0 fully saturated rings. The minimum absolute atomic E-state index is 0.0491. The normalized spacial score (nSPS) is 14.3. The molecule has 11 heteroatoms. The first kappa shape index (κ1) is 24.1. The first-order valence-electron chi connectivity index (χ1n) is 11.6. The fourth-order valence-electron chi connectivity index (χ4n) is 4.36. The molecule has 2 N–H and O–H groups in total. The molecule has 0 spiro atoms. The molecule has 11 nitrogen and oxygen atoms in total. The van der Waals surface area contributed by atoms with E-state index < -0.39 is 0 Å². The van der Waals surface area contributed by atoms with E-state index in [1.807, 2.05) is 12.1 Å². The summed E-state index contributed by atoms with van der Waals surface area (Å²) in [6.45, 7) is 7.20. The van der Waals surface area contributed by atoms with Crippen LogP contribution in [0.4, 0.5) is 0 Å². The lowest BCUT2D eigenvalue weighted by atomic mass is 10.00. The zero-order valence-electron chi connectivity index (χ0n) is 19.9. The summed E-state index contributed by atoms with van der Waals surface area (Å²) in [5.74, 6) is 2.17. The number of hydrogen-bond donors (Lipinski definition) is 2. The van der Waals surface area contributed by atoms with Gasteiger partial charge in [-0.1, -0.05) is 13.8 Å². The third-order valence-electron chi connectivity index (χ3n) is 5.92. The second-order valence-corrected chi connectivity index (χ2v) is 8.70. The largest absolute Gasteiger partial charge is 0.486 e. The van der Waals surface area contributed by atoms with Gasteiger partial charge in [0.25, 0.3) is 5.56 Å². The molecule has 0 radical (unpaired) electrons. The van der Waals surface area contributed by atoms with Crippen molar-refractivity contribution in [2.45, 2.75) is 39.4 Å². The molecular formula is C23H32N6O5. The van der Waals surface area contributed by atoms with Gasteiger partial charge in [-0.2, -0.15) is 0 Å². The third kappa shape index (κ3) is 5.21. The minimum Gasteiger partial charge on any atom is -0.486 e. The van der Waals surface area contributed by atoms with Gasteiger partial charge in [0.2, 0.25) is 0 Å². The average molecular weight is 473 g/mol. The Labute approximate surface area is 197 Å². The van der Waals surface area contributed by atoms with Crippen LogP contribution >= 0.6 is 0 Å². The van der Waals surface area contributed by atoms with Crippen molar-refractivity contribution < 1.29 is 19.3 Å². The highest BCUT2D eigenvalue weighted by molar-refractivity contribution is 5.83. The van der Waals surface area contributed by atoms with Crippen LogP contribution < -0.4 is 15.0 Å². The molecule has 0 saturated carbocycles. The Hall–Kier alpha value is -3.02. The smallest absolute Gasteiger partial charge is 0.252 e. The van der Waals surface area contributed by atoms with Crippen LogP contribution in [0.3, 0.4) is 0 Å². The van der Waals surface area contributed by atoms with Crippen molar-refractivity contribution in [1.29, 1.82) is 0 Å². The third-order valence-corrected chi connectivity index (χ3v) is 5.92. The number of aromatic amines is 1. The SMILES string of the molecule is COCCn1nnnc1C(C(C)C)N(CCCO)Cc1cc2cc3c(cc2[nH]c1=O)OCCO3. The van der Waals surface area contributed by atoms with Crippen LogP contribution in [0.2, 0.25) is 0 Å². The van der Waals surface area contributed by atoms with Crippen LogP contribution in [0.5, 0.6) is 11.5 Å². The van der Waals surface area contributed by atoms with Crippen LogP contribution in [-0.2, 0) is 17.8 Å². The molecule has 2 aromatic heterocycles. The van der Waals surface area contributed by atoms with Gasteiger partial charge >= 0.3 is 0 Å². The number of hydrogen-bond acceptors (Lipinski definition) is 9. The number of benzene rings is 1. The van der Waals surface area contributed by atoms with Gasteiger partial charge in [0.15, 0.2) is 17.3 Å². The van der Waals surface area contributed by atoms with Crippen molar-refractivity contribution in [3.8, 4) is 11.5 Å². The number of fused-ring (bicyclic) bond motifs is 2. The predicted molar refractivity (Wildman–Crippen MR) is 125 cm³/mol. The quantitative estimate of drug-likeness (QED) is 0.427. The number of nitrogens with zero attached hydrogens (tertiary/aromatic N) is 5. The number of H-pyrrole nitrogens is 1. The van der Waals surface area contributed by atoms with Crippen molar-refractivity contribution in [2.24, 2.45) is 5.92 Å². The van der Waals surface area contributed by atoms with Crippen molar-refractivity contribution in [2.75, 3.05) is 40.1 Å². The molecule has 3 aromatic rings. The van der Waals surface area contributed by atoms with E-state index in [4.69, 9.17) is 14.2 Å². The van der Waals surface area contributed by atoms with Crippen molar-refractivity contribution >= 4 is 10.9 Å². The Kier molecular flexibility index (Phi) is 7.76. The summed E-state index contributed by atoms with van der Waals surface area (Å²) in [5.41, 5.74) is 1.15. The summed E-state index contributed by atoms with van der Waals surface area (Å²) in [7, 11) is 1.64. The molecule has 3 heterocycles. The van der Waals surface area contributed by atoms with Gasteiger partial charge < -0.3 is 24.3 Å². The first-order chi connectivity index (χ1) is 16.5. The topological polar surface area (TPSA) is 128 Å². The first-order valence-corrected chi connectivity index (χ1v) is 11.6. The van der Waals surface area contributed by atoms with Crippen LogP contribution in [-0.4, -0.2) is 75.3 Å². The number of rotatable bonds is 11. The summed E-state index contributed by atoms with van der Waals surface area (Å²) in [5, 5.41) is 22.7. The van der Waals surface area contributed by atoms with Gasteiger partial charge in [-0.15, -0.1) is 5.10 Å². The van der Waals surface area contributed by atoms with E-state index in [-0.39, 0.29) is 24.1 Å². The Morgan fingerprint density at radius 1 is 1.24 bits per heavy atom. The Bertz CT molecular complexity index is 1160. The lowest BCUT2D eigenvalue weighted by Crippen LogP contribution is -2.36. The zero-order valence-corrected chi connectivity index (χ0v) is 19.9. The Morgan fingerprint density at radius 3 is 2.71 bits per heavy atom. The van der Waals surface area contributed by atoms with E-state index in [0.29, 0.717) is 74.3 Å². The summed E-state index contributed by atoms with van der Waals surface area (Å²) in [4.78, 5) is 18.2. The van der Waals surface area contributed by atoms with E-state index in [1.165, 1.54) is 0 Å². The Morgan fingerprint density at radius 2 is 2.00 bits per heavy atom. The maximum atomic E-state index is 13.0. The minimum atomic E-state index is -0.167. The van der Waals surface area contributed by atoms with Crippen LogP contribution in [0.1, 0.15) is 37.7 Å². The Balaban J connectivity index is 1.69. The highest BCUT2D eigenvalue weighted by Crippen LogP contribution is 2.34. The van der Waals surface area contributed by atoms with Crippen molar-refractivity contribution in [3.05, 3.63) is 39.9 Å². The van der Waals surface area contributed by atoms with Gasteiger partial charge in [0.1, 0.15) is 13.2 Å². The molecule has 1 atom stereocenters. The lowest BCUT2D eigenvalue weighted by Gasteiger charge is -2.33. The molecule has 0 saturated heterocycles. The summed E-state index contributed by atoms with van der Waals surface area (Å²) >= 11 is 0. The molecular weight excluding hydrogens is 440 g/mol. The predicted octanol–water partition coefficient (Wildman–Crippen LogP) is 1.51. The zero-order chi connectivity index (χ0) is 24.1. The van der Waals surface area contributed by atoms with Crippen LogP contribution in [0.15, 0.2) is 23.0 Å². The van der Waals surface area contributed by atoms with Crippen molar-refractivity contribution in [1.82, 2.24) is 30.1 Å². The maximum Gasteiger partial charge on any atom is 0.252 e. The molecule has 0 aliphatic carbocycles. The number of pyridine rings is 1. The number of nitrogens with one attached hydrogen (secondary N) is 1. The number of aromatic nitrogens is 5. The number of methoxy groups -OCH3 is 1. The number of aliphatic hydroxyl groups excluding tert-OH is 1.